The van der Waals surface area contributed by atoms with E-state index in [9.17, 15) is 30.5 Å². The molecule has 1 aliphatic rings. The molecule has 6 atom stereocenters. The molecule has 0 saturated heterocycles. The standard InChI is InChI=1S/C13H23NO7/c1-6-3-8(9(14(20)21)4-7(6)2)11(17)13(19)12(18)10(16)5-15/h8-13,15-19H,3-5H2,1-2H3/t8?,9?,10-,11+,12+,13-/m1/s1. The molecular weight excluding hydrogens is 282 g/mol. The number of aliphatic hydroxyl groups excluding tert-OH is 5. The fourth-order valence-corrected chi connectivity index (χ4v) is 2.67. The number of allylic oxidation sites excluding steroid dienone is 1. The summed E-state index contributed by atoms with van der Waals surface area (Å²) in [6, 6.07) is -1.06. The summed E-state index contributed by atoms with van der Waals surface area (Å²) in [5, 5.41) is 58.8. The first kappa shape index (κ1) is 18.0. The molecule has 5 N–H and O–H groups in total. The normalized spacial score (nSPS) is 28.9. The predicted molar refractivity (Wildman–Crippen MR) is 73.0 cm³/mol. The zero-order chi connectivity index (χ0) is 16.3. The second-order valence-corrected chi connectivity index (χ2v) is 5.71. The SMILES string of the molecule is CC1=C(C)CC([N+](=O)[O-])C([C@H](O)[C@@H](O)[C@@H](O)[C@H](O)CO)C1. The molecule has 0 fully saturated rings. The molecule has 2 unspecified atom stereocenters. The molecule has 0 amide bonds. The van der Waals surface area contributed by atoms with Crippen LogP contribution >= 0.6 is 0 Å². The van der Waals surface area contributed by atoms with E-state index in [1.165, 1.54) is 0 Å². The lowest BCUT2D eigenvalue weighted by molar-refractivity contribution is -0.535. The van der Waals surface area contributed by atoms with Crippen molar-refractivity contribution in [3.05, 3.63) is 21.3 Å². The third-order valence-electron chi connectivity index (χ3n) is 4.27. The quantitative estimate of drug-likeness (QED) is 0.236. The molecule has 0 heterocycles. The molecule has 0 bridgehead atoms. The van der Waals surface area contributed by atoms with Crippen LogP contribution in [0.25, 0.3) is 0 Å². The largest absolute Gasteiger partial charge is 0.394 e. The first-order chi connectivity index (χ1) is 9.70. The van der Waals surface area contributed by atoms with Crippen molar-refractivity contribution in [2.24, 2.45) is 5.92 Å². The van der Waals surface area contributed by atoms with E-state index in [-0.39, 0.29) is 12.8 Å². The van der Waals surface area contributed by atoms with Crippen LogP contribution in [0.5, 0.6) is 0 Å². The molecule has 122 valence electrons. The minimum absolute atomic E-state index is 0.173. The summed E-state index contributed by atoms with van der Waals surface area (Å²) >= 11 is 0. The molecule has 8 nitrogen and oxygen atoms in total. The van der Waals surface area contributed by atoms with Gasteiger partial charge in [-0.25, -0.2) is 0 Å². The van der Waals surface area contributed by atoms with Crippen molar-refractivity contribution in [2.75, 3.05) is 6.61 Å². The molecule has 0 aliphatic heterocycles. The van der Waals surface area contributed by atoms with E-state index in [1.807, 2.05) is 0 Å². The van der Waals surface area contributed by atoms with Gasteiger partial charge in [-0.15, -0.1) is 0 Å². The van der Waals surface area contributed by atoms with Crippen LogP contribution in [0, 0.1) is 16.0 Å². The number of aliphatic hydroxyl groups is 5. The maximum atomic E-state index is 11.1. The zero-order valence-electron chi connectivity index (χ0n) is 12.1. The molecular formula is C13H23NO7. The van der Waals surface area contributed by atoms with Crippen LogP contribution in [0.2, 0.25) is 0 Å². The second-order valence-electron chi connectivity index (χ2n) is 5.71. The van der Waals surface area contributed by atoms with Gasteiger partial charge in [0, 0.05) is 11.3 Å². The van der Waals surface area contributed by atoms with Crippen molar-refractivity contribution in [2.45, 2.75) is 57.1 Å². The second kappa shape index (κ2) is 7.28. The van der Waals surface area contributed by atoms with Gasteiger partial charge in [-0.2, -0.15) is 0 Å². The van der Waals surface area contributed by atoms with E-state index in [2.05, 4.69) is 0 Å². The molecule has 21 heavy (non-hydrogen) atoms. The molecule has 8 heteroatoms. The fraction of sp³-hybridized carbons (Fsp3) is 0.846. The highest BCUT2D eigenvalue weighted by atomic mass is 16.6. The third kappa shape index (κ3) is 3.98. The lowest BCUT2D eigenvalue weighted by Crippen LogP contribution is -2.52. The molecule has 1 aliphatic carbocycles. The van der Waals surface area contributed by atoms with Gasteiger partial charge in [0.1, 0.15) is 18.3 Å². The number of nitrogens with zero attached hydrogens (tertiary/aromatic N) is 1. The minimum Gasteiger partial charge on any atom is -0.394 e. The smallest absolute Gasteiger partial charge is 0.222 e. The van der Waals surface area contributed by atoms with Gasteiger partial charge in [-0.1, -0.05) is 11.1 Å². The highest BCUT2D eigenvalue weighted by Crippen LogP contribution is 2.34. The maximum Gasteiger partial charge on any atom is 0.222 e. The van der Waals surface area contributed by atoms with Crippen LogP contribution in [-0.2, 0) is 0 Å². The summed E-state index contributed by atoms with van der Waals surface area (Å²) in [7, 11) is 0. The molecule has 1 rings (SSSR count). The fourth-order valence-electron chi connectivity index (χ4n) is 2.67. The van der Waals surface area contributed by atoms with E-state index in [0.29, 0.717) is 0 Å². The van der Waals surface area contributed by atoms with Crippen molar-refractivity contribution in [3.8, 4) is 0 Å². The summed E-state index contributed by atoms with van der Waals surface area (Å²) in [5.41, 5.74) is 1.78. The van der Waals surface area contributed by atoms with Gasteiger partial charge < -0.3 is 25.5 Å². The van der Waals surface area contributed by atoms with Gasteiger partial charge in [0.15, 0.2) is 0 Å². The molecule has 0 saturated carbocycles. The van der Waals surface area contributed by atoms with E-state index in [1.54, 1.807) is 13.8 Å². The highest BCUT2D eigenvalue weighted by molar-refractivity contribution is 5.17. The van der Waals surface area contributed by atoms with Crippen LogP contribution in [0.15, 0.2) is 11.1 Å². The Bertz CT molecular complexity index is 411. The number of nitro groups is 1. The molecule has 0 spiro atoms. The summed E-state index contributed by atoms with van der Waals surface area (Å²) in [5.74, 6) is -0.862. The van der Waals surface area contributed by atoms with Gasteiger partial charge >= 0.3 is 0 Å². The van der Waals surface area contributed by atoms with E-state index in [4.69, 9.17) is 5.11 Å². The number of rotatable bonds is 6. The summed E-state index contributed by atoms with van der Waals surface area (Å²) in [4.78, 5) is 10.6. The average Bonchev–Trinajstić information content (AvgIpc) is 2.46. The van der Waals surface area contributed by atoms with Crippen molar-refractivity contribution < 1.29 is 30.5 Å². The van der Waals surface area contributed by atoms with Crippen LogP contribution < -0.4 is 0 Å². The third-order valence-corrected chi connectivity index (χ3v) is 4.27. The Morgan fingerprint density at radius 2 is 1.67 bits per heavy atom. The highest BCUT2D eigenvalue weighted by Gasteiger charge is 2.44. The Morgan fingerprint density at radius 1 is 1.14 bits per heavy atom. The first-order valence-electron chi connectivity index (χ1n) is 6.82. The van der Waals surface area contributed by atoms with Gasteiger partial charge in [0.25, 0.3) is 0 Å². The Labute approximate surface area is 122 Å². The Morgan fingerprint density at radius 3 is 2.14 bits per heavy atom. The predicted octanol–water partition coefficient (Wildman–Crippen LogP) is -1.19. The van der Waals surface area contributed by atoms with Crippen molar-refractivity contribution in [1.29, 1.82) is 0 Å². The average molecular weight is 305 g/mol. The van der Waals surface area contributed by atoms with Gasteiger partial charge in [0.2, 0.25) is 6.04 Å². The number of hydrogen-bond acceptors (Lipinski definition) is 7. The molecule has 0 aromatic heterocycles. The Balaban J connectivity index is 2.92. The summed E-state index contributed by atoms with van der Waals surface area (Å²) in [6.45, 7) is 2.80. The van der Waals surface area contributed by atoms with Crippen LogP contribution in [-0.4, -0.2) is 67.5 Å². The Hall–Kier alpha value is -1.06. The first-order valence-corrected chi connectivity index (χ1v) is 6.82. The van der Waals surface area contributed by atoms with Crippen molar-refractivity contribution in [1.82, 2.24) is 0 Å². The molecule has 0 aromatic carbocycles. The maximum absolute atomic E-state index is 11.1. The lowest BCUT2D eigenvalue weighted by atomic mass is 9.76. The van der Waals surface area contributed by atoms with E-state index < -0.39 is 47.9 Å². The van der Waals surface area contributed by atoms with Gasteiger partial charge in [0.05, 0.1) is 18.6 Å². The minimum atomic E-state index is -1.77. The van der Waals surface area contributed by atoms with E-state index in [0.717, 1.165) is 11.1 Å². The number of hydrogen-bond donors (Lipinski definition) is 5. The van der Waals surface area contributed by atoms with Crippen LogP contribution in [0.3, 0.4) is 0 Å². The van der Waals surface area contributed by atoms with E-state index >= 15 is 0 Å². The summed E-state index contributed by atoms with van der Waals surface area (Å²) in [6.07, 6.45) is -6.33. The topological polar surface area (TPSA) is 144 Å². The zero-order valence-corrected chi connectivity index (χ0v) is 12.1. The van der Waals surface area contributed by atoms with Crippen molar-refractivity contribution in [3.63, 3.8) is 0 Å². The van der Waals surface area contributed by atoms with Gasteiger partial charge in [-0.3, -0.25) is 10.1 Å². The van der Waals surface area contributed by atoms with Crippen molar-refractivity contribution >= 4 is 0 Å². The molecule has 0 aromatic rings. The summed E-state index contributed by atoms with van der Waals surface area (Å²) < 4.78 is 0. The van der Waals surface area contributed by atoms with Crippen LogP contribution in [0.1, 0.15) is 26.7 Å². The Kier molecular flexibility index (Phi) is 6.24. The van der Waals surface area contributed by atoms with Crippen LogP contribution in [0.4, 0.5) is 0 Å². The monoisotopic (exact) mass is 305 g/mol. The van der Waals surface area contributed by atoms with Gasteiger partial charge in [-0.05, 0) is 20.3 Å². The lowest BCUT2D eigenvalue weighted by Gasteiger charge is -2.35. The molecule has 0 radical (unpaired) electrons.